The van der Waals surface area contributed by atoms with Gasteiger partial charge in [0.15, 0.2) is 0 Å². The Labute approximate surface area is 118 Å². The lowest BCUT2D eigenvalue weighted by Gasteiger charge is -2.36. The molecule has 2 heterocycles. The van der Waals surface area contributed by atoms with Gasteiger partial charge in [0.2, 0.25) is 0 Å². The summed E-state index contributed by atoms with van der Waals surface area (Å²) in [7, 11) is 0. The molecular formula is C17H30N2. The molecule has 1 atom stereocenters. The summed E-state index contributed by atoms with van der Waals surface area (Å²) in [4.78, 5) is 5.66. The molecule has 4 rings (SSSR count). The van der Waals surface area contributed by atoms with Crippen molar-refractivity contribution in [1.29, 1.82) is 0 Å². The van der Waals surface area contributed by atoms with Crippen molar-refractivity contribution in [3.05, 3.63) is 0 Å². The Kier molecular flexibility index (Phi) is 3.57. The van der Waals surface area contributed by atoms with Gasteiger partial charge in [0, 0.05) is 19.1 Å². The van der Waals surface area contributed by atoms with Gasteiger partial charge in [-0.15, -0.1) is 0 Å². The lowest BCUT2D eigenvalue weighted by atomic mass is 9.96. The van der Waals surface area contributed by atoms with Crippen LogP contribution in [0.3, 0.4) is 0 Å². The second-order valence-corrected chi connectivity index (χ2v) is 7.64. The second kappa shape index (κ2) is 5.37. The first-order chi connectivity index (χ1) is 9.40. The van der Waals surface area contributed by atoms with Crippen LogP contribution in [0.25, 0.3) is 0 Å². The molecule has 4 aliphatic rings. The van der Waals surface area contributed by atoms with Crippen LogP contribution in [0.4, 0.5) is 0 Å². The molecule has 2 saturated carbocycles. The van der Waals surface area contributed by atoms with Gasteiger partial charge in [-0.25, -0.2) is 0 Å². The Balaban J connectivity index is 1.37. The summed E-state index contributed by atoms with van der Waals surface area (Å²) in [6, 6.07) is 0.898. The molecule has 108 valence electrons. The molecule has 0 aromatic carbocycles. The Morgan fingerprint density at radius 3 is 2.26 bits per heavy atom. The van der Waals surface area contributed by atoms with E-state index < -0.39 is 0 Å². The van der Waals surface area contributed by atoms with E-state index in [9.17, 15) is 0 Å². The minimum atomic E-state index is 0.898. The number of hydrogen-bond donors (Lipinski definition) is 0. The van der Waals surface area contributed by atoms with Crippen LogP contribution in [0.2, 0.25) is 0 Å². The van der Waals surface area contributed by atoms with Crippen molar-refractivity contribution in [2.75, 3.05) is 32.7 Å². The van der Waals surface area contributed by atoms with E-state index in [-0.39, 0.29) is 0 Å². The van der Waals surface area contributed by atoms with Gasteiger partial charge in [-0.1, -0.05) is 6.42 Å². The van der Waals surface area contributed by atoms with E-state index in [0.717, 1.165) is 23.8 Å². The molecule has 2 heteroatoms. The molecule has 2 aliphatic heterocycles. The average Bonchev–Trinajstić information content (AvgIpc) is 3.32. The molecule has 0 spiro atoms. The molecule has 0 N–H and O–H groups in total. The lowest BCUT2D eigenvalue weighted by molar-refractivity contribution is 0.126. The Bertz CT molecular complexity index is 296. The zero-order valence-electron chi connectivity index (χ0n) is 12.4. The molecule has 0 aromatic rings. The molecule has 0 bridgehead atoms. The third kappa shape index (κ3) is 3.00. The molecule has 0 amide bonds. The molecular weight excluding hydrogens is 232 g/mol. The lowest BCUT2D eigenvalue weighted by Crippen LogP contribution is -2.45. The van der Waals surface area contributed by atoms with Crippen LogP contribution in [0.5, 0.6) is 0 Å². The number of rotatable bonds is 4. The monoisotopic (exact) mass is 262 g/mol. The normalized spacial score (nSPS) is 34.3. The largest absolute Gasteiger partial charge is 0.301 e. The predicted octanol–water partition coefficient (Wildman–Crippen LogP) is 2.98. The van der Waals surface area contributed by atoms with Crippen LogP contribution < -0.4 is 0 Å². The predicted molar refractivity (Wildman–Crippen MR) is 79.2 cm³/mol. The summed E-state index contributed by atoms with van der Waals surface area (Å²) in [6.07, 6.45) is 12.0. The number of fused-ring (bicyclic) bond motifs is 1. The van der Waals surface area contributed by atoms with Crippen molar-refractivity contribution in [2.45, 2.75) is 57.4 Å². The first-order valence-corrected chi connectivity index (χ1v) is 8.86. The SMILES string of the molecule is C1CCN2CCCN(CC(C3CC3)C3CC3)CC2C1. The Morgan fingerprint density at radius 1 is 0.789 bits per heavy atom. The molecule has 2 nitrogen and oxygen atoms in total. The zero-order chi connectivity index (χ0) is 12.7. The van der Waals surface area contributed by atoms with Crippen LogP contribution in [-0.2, 0) is 0 Å². The minimum absolute atomic E-state index is 0.898. The topological polar surface area (TPSA) is 6.48 Å². The van der Waals surface area contributed by atoms with Gasteiger partial charge < -0.3 is 4.90 Å². The fourth-order valence-corrected chi connectivity index (χ4v) is 4.64. The minimum Gasteiger partial charge on any atom is -0.301 e. The molecule has 1 unspecified atom stereocenters. The van der Waals surface area contributed by atoms with E-state index in [1.165, 1.54) is 58.4 Å². The van der Waals surface area contributed by atoms with E-state index >= 15 is 0 Å². The average molecular weight is 262 g/mol. The van der Waals surface area contributed by atoms with E-state index in [1.54, 1.807) is 25.7 Å². The fourth-order valence-electron chi connectivity index (χ4n) is 4.64. The highest BCUT2D eigenvalue weighted by atomic mass is 15.2. The van der Waals surface area contributed by atoms with Crippen LogP contribution in [-0.4, -0.2) is 48.6 Å². The van der Waals surface area contributed by atoms with E-state index in [2.05, 4.69) is 9.80 Å². The van der Waals surface area contributed by atoms with Crippen molar-refractivity contribution < 1.29 is 0 Å². The highest BCUT2D eigenvalue weighted by Gasteiger charge is 2.42. The van der Waals surface area contributed by atoms with Gasteiger partial charge in [0.05, 0.1) is 0 Å². The van der Waals surface area contributed by atoms with Crippen LogP contribution >= 0.6 is 0 Å². The quantitative estimate of drug-likeness (QED) is 0.768. The van der Waals surface area contributed by atoms with Gasteiger partial charge in [0.25, 0.3) is 0 Å². The highest BCUT2D eigenvalue weighted by Crippen LogP contribution is 2.49. The van der Waals surface area contributed by atoms with Crippen molar-refractivity contribution in [1.82, 2.24) is 9.80 Å². The maximum absolute atomic E-state index is 2.86. The van der Waals surface area contributed by atoms with Crippen molar-refractivity contribution in [3.8, 4) is 0 Å². The standard InChI is InChI=1S/C17H30N2/c1-2-10-19-11-3-9-18(12-16(19)4-1)13-17(14-5-6-14)15-7-8-15/h14-17H,1-13H2. The summed E-state index contributed by atoms with van der Waals surface area (Å²) < 4.78 is 0. The van der Waals surface area contributed by atoms with Gasteiger partial charge in [-0.05, 0) is 82.3 Å². The van der Waals surface area contributed by atoms with Gasteiger partial charge in [-0.2, -0.15) is 0 Å². The molecule has 2 aliphatic carbocycles. The second-order valence-electron chi connectivity index (χ2n) is 7.64. The van der Waals surface area contributed by atoms with Gasteiger partial charge >= 0.3 is 0 Å². The van der Waals surface area contributed by atoms with E-state index in [0.29, 0.717) is 0 Å². The van der Waals surface area contributed by atoms with Crippen molar-refractivity contribution in [3.63, 3.8) is 0 Å². The summed E-state index contributed by atoms with van der Waals surface area (Å²) in [6.45, 7) is 6.96. The summed E-state index contributed by atoms with van der Waals surface area (Å²) in [5, 5.41) is 0. The van der Waals surface area contributed by atoms with E-state index in [4.69, 9.17) is 0 Å². The van der Waals surface area contributed by atoms with E-state index in [1.807, 2.05) is 0 Å². The third-order valence-corrected chi connectivity index (χ3v) is 6.06. The number of piperidine rings is 1. The molecule has 19 heavy (non-hydrogen) atoms. The molecule has 0 aromatic heterocycles. The van der Waals surface area contributed by atoms with Gasteiger partial charge in [-0.3, -0.25) is 4.90 Å². The summed E-state index contributed by atoms with van der Waals surface area (Å²) in [5.41, 5.74) is 0. The molecule has 2 saturated heterocycles. The maximum atomic E-state index is 2.86. The zero-order valence-corrected chi connectivity index (χ0v) is 12.4. The van der Waals surface area contributed by atoms with Crippen molar-refractivity contribution in [2.24, 2.45) is 17.8 Å². The Hall–Kier alpha value is -0.0800. The first-order valence-electron chi connectivity index (χ1n) is 8.86. The number of hydrogen-bond acceptors (Lipinski definition) is 2. The summed E-state index contributed by atoms with van der Waals surface area (Å²) >= 11 is 0. The smallest absolute Gasteiger partial charge is 0.0223 e. The van der Waals surface area contributed by atoms with Gasteiger partial charge in [0.1, 0.15) is 0 Å². The molecule has 0 radical (unpaired) electrons. The fraction of sp³-hybridized carbons (Fsp3) is 1.00. The maximum Gasteiger partial charge on any atom is 0.0223 e. The molecule has 4 fully saturated rings. The Morgan fingerprint density at radius 2 is 1.53 bits per heavy atom. The van der Waals surface area contributed by atoms with Crippen LogP contribution in [0.1, 0.15) is 51.4 Å². The number of nitrogens with zero attached hydrogens (tertiary/aromatic N) is 2. The first kappa shape index (κ1) is 12.6. The van der Waals surface area contributed by atoms with Crippen molar-refractivity contribution >= 4 is 0 Å². The van der Waals surface area contributed by atoms with Crippen LogP contribution in [0.15, 0.2) is 0 Å². The third-order valence-electron chi connectivity index (χ3n) is 6.06. The summed E-state index contributed by atoms with van der Waals surface area (Å²) in [5.74, 6) is 3.33. The highest BCUT2D eigenvalue weighted by molar-refractivity contribution is 4.94. The van der Waals surface area contributed by atoms with Crippen LogP contribution in [0, 0.1) is 17.8 Å².